The molecule has 1 heterocycles. The van der Waals surface area contributed by atoms with E-state index in [2.05, 4.69) is 20.3 Å². The molecule has 106 valence electrons. The van der Waals surface area contributed by atoms with E-state index in [1.807, 2.05) is 6.92 Å². The van der Waals surface area contributed by atoms with E-state index in [1.165, 1.54) is 19.3 Å². The van der Waals surface area contributed by atoms with Gasteiger partial charge in [-0.3, -0.25) is 4.79 Å². The molecule has 0 fully saturated rings. The molecule has 0 aromatic carbocycles. The monoisotopic (exact) mass is 286 g/mol. The fourth-order valence-electron chi connectivity index (χ4n) is 1.23. The van der Waals surface area contributed by atoms with Gasteiger partial charge in [-0.15, -0.1) is 0 Å². The summed E-state index contributed by atoms with van der Waals surface area (Å²) in [5, 5.41) is 5.37. The molecule has 1 aromatic heterocycles. The molecule has 0 saturated heterocycles. The third-order valence-electron chi connectivity index (χ3n) is 2.30. The van der Waals surface area contributed by atoms with Gasteiger partial charge >= 0.3 is 0 Å². The Kier molecular flexibility index (Phi) is 5.71. The van der Waals surface area contributed by atoms with Gasteiger partial charge < -0.3 is 10.6 Å². The van der Waals surface area contributed by atoms with Crippen molar-refractivity contribution in [3.8, 4) is 0 Å². The van der Waals surface area contributed by atoms with E-state index < -0.39 is 15.9 Å². The molecule has 1 rings (SSSR count). The molecule has 0 bridgehead atoms. The molecule has 0 unspecified atom stereocenters. The van der Waals surface area contributed by atoms with Crippen molar-refractivity contribution >= 4 is 21.7 Å². The summed E-state index contributed by atoms with van der Waals surface area (Å²) in [7, 11) is -2.27. The molecule has 1 aromatic rings. The minimum atomic E-state index is -3.70. The Bertz CT molecular complexity index is 513. The Balaban J connectivity index is 2.70. The molecular weight excluding hydrogens is 268 g/mol. The van der Waals surface area contributed by atoms with Crippen LogP contribution in [0.4, 0.5) is 5.82 Å². The van der Waals surface area contributed by atoms with Gasteiger partial charge in [0.2, 0.25) is 15.9 Å². The number of nitrogens with zero attached hydrogens (tertiary/aromatic N) is 1. The second-order valence-corrected chi connectivity index (χ2v) is 5.57. The predicted molar refractivity (Wildman–Crippen MR) is 72.3 cm³/mol. The van der Waals surface area contributed by atoms with E-state index in [-0.39, 0.29) is 11.4 Å². The summed E-state index contributed by atoms with van der Waals surface area (Å²) in [6.45, 7) is 2.50. The van der Waals surface area contributed by atoms with E-state index in [0.717, 1.165) is 13.0 Å². The second kappa shape index (κ2) is 7.05. The molecule has 0 aliphatic rings. The zero-order chi connectivity index (χ0) is 14.3. The fourth-order valence-corrected chi connectivity index (χ4v) is 2.16. The van der Waals surface area contributed by atoms with E-state index >= 15 is 0 Å². The van der Waals surface area contributed by atoms with Gasteiger partial charge in [-0.1, -0.05) is 6.92 Å². The number of carbonyl (C=O) groups is 1. The SMILES string of the molecule is CCCNc1ccc(S(=O)(=O)NCC(=O)NC)cn1. The number of sulfonamides is 1. The summed E-state index contributed by atoms with van der Waals surface area (Å²) in [6.07, 6.45) is 2.21. The molecule has 7 nitrogen and oxygen atoms in total. The van der Waals surface area contributed by atoms with Crippen LogP contribution in [0.1, 0.15) is 13.3 Å². The van der Waals surface area contributed by atoms with Crippen LogP contribution in [0.25, 0.3) is 0 Å². The zero-order valence-electron chi connectivity index (χ0n) is 10.9. The molecule has 3 N–H and O–H groups in total. The van der Waals surface area contributed by atoms with Crippen LogP contribution in [0.3, 0.4) is 0 Å². The highest BCUT2D eigenvalue weighted by atomic mass is 32.2. The summed E-state index contributed by atoms with van der Waals surface area (Å²) >= 11 is 0. The molecule has 0 radical (unpaired) electrons. The van der Waals surface area contributed by atoms with Crippen LogP contribution < -0.4 is 15.4 Å². The molecule has 1 amide bonds. The standard InChI is InChI=1S/C11H18N4O3S/c1-3-6-13-10-5-4-9(7-14-10)19(17,18)15-8-11(16)12-2/h4-5,7,15H,3,6,8H2,1-2H3,(H,12,16)(H,13,14). The van der Waals surface area contributed by atoms with Gasteiger partial charge in [0.25, 0.3) is 0 Å². The van der Waals surface area contributed by atoms with E-state index in [9.17, 15) is 13.2 Å². The Morgan fingerprint density at radius 3 is 2.63 bits per heavy atom. The number of aromatic nitrogens is 1. The van der Waals surface area contributed by atoms with E-state index in [4.69, 9.17) is 0 Å². The maximum absolute atomic E-state index is 11.8. The number of anilines is 1. The normalized spacial score (nSPS) is 11.1. The highest BCUT2D eigenvalue weighted by molar-refractivity contribution is 7.89. The van der Waals surface area contributed by atoms with Gasteiger partial charge in [0, 0.05) is 19.8 Å². The molecule has 8 heteroatoms. The third-order valence-corrected chi connectivity index (χ3v) is 3.69. The van der Waals surface area contributed by atoms with Gasteiger partial charge in [-0.05, 0) is 18.6 Å². The van der Waals surface area contributed by atoms with Gasteiger partial charge in [-0.25, -0.2) is 18.1 Å². The van der Waals surface area contributed by atoms with Gasteiger partial charge in [0.05, 0.1) is 6.54 Å². The van der Waals surface area contributed by atoms with Crippen LogP contribution in [0, 0.1) is 0 Å². The van der Waals surface area contributed by atoms with E-state index in [1.54, 1.807) is 6.07 Å². The van der Waals surface area contributed by atoms with Crippen molar-refractivity contribution in [1.29, 1.82) is 0 Å². The molecule has 0 spiro atoms. The quantitative estimate of drug-likeness (QED) is 0.651. The lowest BCUT2D eigenvalue weighted by Gasteiger charge is -2.07. The molecular formula is C11H18N4O3S. The number of rotatable bonds is 7. The van der Waals surface area contributed by atoms with Gasteiger partial charge in [-0.2, -0.15) is 0 Å². The second-order valence-electron chi connectivity index (χ2n) is 3.80. The number of hydrogen-bond acceptors (Lipinski definition) is 5. The Labute approximate surface area is 112 Å². The van der Waals surface area contributed by atoms with Crippen molar-refractivity contribution < 1.29 is 13.2 Å². The molecule has 19 heavy (non-hydrogen) atoms. The summed E-state index contributed by atoms with van der Waals surface area (Å²) in [5.74, 6) is 0.213. The first-order valence-electron chi connectivity index (χ1n) is 5.89. The van der Waals surface area contributed by atoms with Crippen molar-refractivity contribution in [2.24, 2.45) is 0 Å². The first-order valence-corrected chi connectivity index (χ1v) is 7.38. The van der Waals surface area contributed by atoms with Gasteiger partial charge in [0.15, 0.2) is 0 Å². The van der Waals surface area contributed by atoms with Crippen LogP contribution >= 0.6 is 0 Å². The van der Waals surface area contributed by atoms with Crippen LogP contribution in [-0.2, 0) is 14.8 Å². The summed E-state index contributed by atoms with van der Waals surface area (Å²) < 4.78 is 25.8. The molecule has 0 saturated carbocycles. The maximum atomic E-state index is 11.8. The fraction of sp³-hybridized carbons (Fsp3) is 0.455. The first kappa shape index (κ1) is 15.4. The minimum absolute atomic E-state index is 0.0263. The van der Waals surface area contributed by atoms with Gasteiger partial charge in [0.1, 0.15) is 10.7 Å². The number of amides is 1. The molecule has 0 aliphatic carbocycles. The average Bonchev–Trinajstić information content (AvgIpc) is 2.43. The van der Waals surface area contributed by atoms with Crippen LogP contribution in [0.15, 0.2) is 23.2 Å². The lowest BCUT2D eigenvalue weighted by molar-refractivity contribution is -0.119. The highest BCUT2D eigenvalue weighted by Gasteiger charge is 2.15. The maximum Gasteiger partial charge on any atom is 0.242 e. The van der Waals surface area contributed by atoms with Crippen LogP contribution in [-0.4, -0.2) is 39.4 Å². The Hall–Kier alpha value is -1.67. The van der Waals surface area contributed by atoms with E-state index in [0.29, 0.717) is 5.82 Å². The van der Waals surface area contributed by atoms with Crippen molar-refractivity contribution in [2.75, 3.05) is 25.5 Å². The number of likely N-dealkylation sites (N-methyl/N-ethyl adjacent to an activating group) is 1. The largest absolute Gasteiger partial charge is 0.370 e. The topological polar surface area (TPSA) is 100 Å². The number of hydrogen-bond donors (Lipinski definition) is 3. The van der Waals surface area contributed by atoms with Crippen molar-refractivity contribution in [2.45, 2.75) is 18.2 Å². The summed E-state index contributed by atoms with van der Waals surface area (Å²) in [4.78, 5) is 15.0. The first-order chi connectivity index (χ1) is 8.99. The molecule has 0 atom stereocenters. The van der Waals surface area contributed by atoms with Crippen molar-refractivity contribution in [3.63, 3.8) is 0 Å². The predicted octanol–water partition coefficient (Wildman–Crippen LogP) is -0.0722. The van der Waals surface area contributed by atoms with Crippen molar-refractivity contribution in [1.82, 2.24) is 15.0 Å². The van der Waals surface area contributed by atoms with Crippen LogP contribution in [0.2, 0.25) is 0 Å². The Morgan fingerprint density at radius 2 is 2.11 bits per heavy atom. The summed E-state index contributed by atoms with van der Waals surface area (Å²) in [6, 6.07) is 3.03. The smallest absolute Gasteiger partial charge is 0.242 e. The third kappa shape index (κ3) is 4.84. The lowest BCUT2D eigenvalue weighted by Crippen LogP contribution is -2.35. The highest BCUT2D eigenvalue weighted by Crippen LogP contribution is 2.10. The minimum Gasteiger partial charge on any atom is -0.370 e. The number of nitrogens with one attached hydrogen (secondary N) is 3. The molecule has 0 aliphatic heterocycles. The average molecular weight is 286 g/mol. The summed E-state index contributed by atoms with van der Waals surface area (Å²) in [5.41, 5.74) is 0. The lowest BCUT2D eigenvalue weighted by atomic mass is 10.4. The number of pyridine rings is 1. The zero-order valence-corrected chi connectivity index (χ0v) is 11.8. The Morgan fingerprint density at radius 1 is 1.37 bits per heavy atom. The van der Waals surface area contributed by atoms with Crippen molar-refractivity contribution in [3.05, 3.63) is 18.3 Å². The van der Waals surface area contributed by atoms with Crippen LogP contribution in [0.5, 0.6) is 0 Å². The number of carbonyl (C=O) groups excluding carboxylic acids is 1.